The smallest absolute Gasteiger partial charge is 0.143 e. The largest absolute Gasteiger partial charge is 0.455 e. The quantitative estimate of drug-likeness (QED) is 0.149. The first-order valence-electron chi connectivity index (χ1n) is 22.2. The number of hydrogen-bond acceptors (Lipinski definition) is 2. The SMILES string of the molecule is c1ccc(-c2cccc3c2oc2ccc(-c4ccc(N(c5ccc(-c6cc7ccccc7c7ccccc67)cc5)c5ccc(-n6c7ccccc7c7ccccc76)cc5)cc4)cc23)cc1. The van der Waals surface area contributed by atoms with Crippen molar-refractivity contribution in [1.82, 2.24) is 4.57 Å². The number of benzene rings is 11. The highest BCUT2D eigenvalue weighted by molar-refractivity contribution is 6.14. The van der Waals surface area contributed by atoms with Crippen LogP contribution in [0.4, 0.5) is 17.1 Å². The Morgan fingerprint density at radius 3 is 1.52 bits per heavy atom. The van der Waals surface area contributed by atoms with E-state index in [1.54, 1.807) is 0 Å². The third-order valence-corrected chi connectivity index (χ3v) is 13.2. The molecule has 13 rings (SSSR count). The van der Waals surface area contributed by atoms with Crippen molar-refractivity contribution >= 4 is 82.4 Å². The molecule has 0 aliphatic rings. The van der Waals surface area contributed by atoms with Gasteiger partial charge in [0.1, 0.15) is 11.2 Å². The molecule has 0 saturated carbocycles. The number of anilines is 3. The van der Waals surface area contributed by atoms with Gasteiger partial charge in [-0.3, -0.25) is 0 Å². The summed E-state index contributed by atoms with van der Waals surface area (Å²) >= 11 is 0. The molecule has 0 amide bonds. The summed E-state index contributed by atoms with van der Waals surface area (Å²) in [5.74, 6) is 0. The second kappa shape index (κ2) is 15.0. The Kier molecular flexibility index (Phi) is 8.53. The Morgan fingerprint density at radius 2 is 0.831 bits per heavy atom. The summed E-state index contributed by atoms with van der Waals surface area (Å²) in [5.41, 5.74) is 15.5. The van der Waals surface area contributed by atoms with E-state index in [4.69, 9.17) is 4.42 Å². The van der Waals surface area contributed by atoms with E-state index in [0.29, 0.717) is 0 Å². The summed E-state index contributed by atoms with van der Waals surface area (Å²) in [6, 6.07) is 87.6. The van der Waals surface area contributed by atoms with Crippen LogP contribution < -0.4 is 4.90 Å². The monoisotopic (exact) mass is 828 g/mol. The zero-order valence-electron chi connectivity index (χ0n) is 35.4. The van der Waals surface area contributed by atoms with Crippen molar-refractivity contribution in [2.75, 3.05) is 4.90 Å². The van der Waals surface area contributed by atoms with E-state index in [1.165, 1.54) is 54.5 Å². The fourth-order valence-electron chi connectivity index (χ4n) is 10.1. The van der Waals surface area contributed by atoms with E-state index in [1.807, 2.05) is 6.07 Å². The van der Waals surface area contributed by atoms with Gasteiger partial charge in [0.25, 0.3) is 0 Å². The Labute approximate surface area is 376 Å². The van der Waals surface area contributed by atoms with E-state index in [0.717, 1.165) is 66.9 Å². The van der Waals surface area contributed by atoms with Crippen molar-refractivity contribution in [3.8, 4) is 39.1 Å². The third-order valence-electron chi connectivity index (χ3n) is 13.2. The van der Waals surface area contributed by atoms with Gasteiger partial charge in [-0.1, -0.05) is 164 Å². The number of aromatic nitrogens is 1. The molecule has 0 radical (unpaired) electrons. The van der Waals surface area contributed by atoms with Gasteiger partial charge in [-0.15, -0.1) is 0 Å². The summed E-state index contributed by atoms with van der Waals surface area (Å²) in [6.45, 7) is 0. The van der Waals surface area contributed by atoms with E-state index in [2.05, 4.69) is 246 Å². The molecule has 304 valence electrons. The molecule has 0 aliphatic heterocycles. The zero-order valence-corrected chi connectivity index (χ0v) is 35.4. The molecule has 2 aromatic heterocycles. The van der Waals surface area contributed by atoms with Gasteiger partial charge in [0.15, 0.2) is 0 Å². The van der Waals surface area contributed by atoms with Crippen LogP contribution in [0.25, 0.3) is 104 Å². The highest BCUT2D eigenvalue weighted by atomic mass is 16.3. The molecule has 0 saturated heterocycles. The summed E-state index contributed by atoms with van der Waals surface area (Å²) in [6.07, 6.45) is 0. The van der Waals surface area contributed by atoms with Crippen LogP contribution in [0.15, 0.2) is 247 Å². The lowest BCUT2D eigenvalue weighted by Crippen LogP contribution is -2.10. The van der Waals surface area contributed by atoms with Gasteiger partial charge in [-0.25, -0.2) is 0 Å². The van der Waals surface area contributed by atoms with E-state index in [-0.39, 0.29) is 0 Å². The lowest BCUT2D eigenvalue weighted by molar-refractivity contribution is 0.670. The predicted molar refractivity (Wildman–Crippen MR) is 274 cm³/mol. The highest BCUT2D eigenvalue weighted by Crippen LogP contribution is 2.42. The summed E-state index contributed by atoms with van der Waals surface area (Å²) < 4.78 is 8.89. The minimum atomic E-state index is 0.888. The molecule has 3 nitrogen and oxygen atoms in total. The average Bonchev–Trinajstić information content (AvgIpc) is 3.93. The summed E-state index contributed by atoms with van der Waals surface area (Å²) in [4.78, 5) is 2.36. The molecule has 0 aliphatic carbocycles. The molecule has 0 N–H and O–H groups in total. The second-order valence-electron chi connectivity index (χ2n) is 16.9. The molecule has 3 heteroatoms. The van der Waals surface area contributed by atoms with Crippen molar-refractivity contribution in [1.29, 1.82) is 0 Å². The number of nitrogens with zero attached hydrogens (tertiary/aromatic N) is 2. The Hall–Kier alpha value is -8.66. The van der Waals surface area contributed by atoms with Crippen molar-refractivity contribution in [2.45, 2.75) is 0 Å². The minimum Gasteiger partial charge on any atom is -0.455 e. The van der Waals surface area contributed by atoms with Crippen LogP contribution >= 0.6 is 0 Å². The number of rotatable bonds is 7. The maximum atomic E-state index is 6.52. The molecule has 65 heavy (non-hydrogen) atoms. The van der Waals surface area contributed by atoms with Gasteiger partial charge in [0.05, 0.1) is 11.0 Å². The van der Waals surface area contributed by atoms with Crippen LogP contribution in [0.3, 0.4) is 0 Å². The van der Waals surface area contributed by atoms with Gasteiger partial charge >= 0.3 is 0 Å². The Morgan fingerprint density at radius 1 is 0.308 bits per heavy atom. The topological polar surface area (TPSA) is 21.3 Å². The van der Waals surface area contributed by atoms with Crippen LogP contribution in [0.5, 0.6) is 0 Å². The highest BCUT2D eigenvalue weighted by Gasteiger charge is 2.18. The molecular weight excluding hydrogens is 789 g/mol. The number of hydrogen-bond donors (Lipinski definition) is 0. The van der Waals surface area contributed by atoms with Crippen LogP contribution in [0.2, 0.25) is 0 Å². The molecule has 0 spiro atoms. The van der Waals surface area contributed by atoms with Crippen LogP contribution in [-0.4, -0.2) is 4.57 Å². The van der Waals surface area contributed by atoms with Gasteiger partial charge in [0, 0.05) is 49.9 Å². The molecule has 0 atom stereocenters. The maximum Gasteiger partial charge on any atom is 0.143 e. The molecule has 2 heterocycles. The van der Waals surface area contributed by atoms with Crippen molar-refractivity contribution in [3.05, 3.63) is 243 Å². The van der Waals surface area contributed by atoms with E-state index >= 15 is 0 Å². The molecule has 0 bridgehead atoms. The third kappa shape index (κ3) is 6.12. The van der Waals surface area contributed by atoms with E-state index < -0.39 is 0 Å². The standard InChI is InChI=1S/C62H40N2O/c1-2-13-42(14-3-1)51-21-12-22-56-58-39-44(29-38-61(58)65-62(51)56)41-25-30-46(31-26-41)63(48-34-36-49(37-35-48)64-59-23-10-8-19-54(59)55-20-9-11-24-60(55)64)47-32-27-43(28-33-47)57-40-45-15-4-5-16-50(45)52-17-6-7-18-53(52)57/h1-40H. The molecule has 0 fully saturated rings. The lowest BCUT2D eigenvalue weighted by Gasteiger charge is -2.26. The Bertz CT molecular complexity index is 3860. The molecule has 0 unspecified atom stereocenters. The van der Waals surface area contributed by atoms with Crippen LogP contribution in [0.1, 0.15) is 0 Å². The molecule has 11 aromatic carbocycles. The number of fused-ring (bicyclic) bond motifs is 9. The molecular formula is C62H40N2O. The van der Waals surface area contributed by atoms with Gasteiger partial charge in [-0.2, -0.15) is 0 Å². The fourth-order valence-corrected chi connectivity index (χ4v) is 10.1. The first-order valence-corrected chi connectivity index (χ1v) is 22.2. The Balaban J connectivity index is 0.907. The zero-order chi connectivity index (χ0) is 42.8. The minimum absolute atomic E-state index is 0.888. The van der Waals surface area contributed by atoms with Crippen molar-refractivity contribution in [2.24, 2.45) is 0 Å². The normalized spacial score (nSPS) is 11.7. The van der Waals surface area contributed by atoms with Gasteiger partial charge < -0.3 is 13.9 Å². The van der Waals surface area contributed by atoms with Crippen molar-refractivity contribution < 1.29 is 4.42 Å². The van der Waals surface area contributed by atoms with E-state index in [9.17, 15) is 0 Å². The summed E-state index contributed by atoms with van der Waals surface area (Å²) in [7, 11) is 0. The van der Waals surface area contributed by atoms with Crippen LogP contribution in [-0.2, 0) is 0 Å². The van der Waals surface area contributed by atoms with Crippen molar-refractivity contribution in [3.63, 3.8) is 0 Å². The number of furan rings is 1. The molecule has 13 aromatic rings. The average molecular weight is 829 g/mol. The van der Waals surface area contributed by atoms with Crippen LogP contribution in [0, 0.1) is 0 Å². The number of para-hydroxylation sites is 3. The first kappa shape index (κ1) is 36.9. The van der Waals surface area contributed by atoms with Gasteiger partial charge in [-0.05, 0) is 128 Å². The summed E-state index contributed by atoms with van der Waals surface area (Å²) in [5, 5.41) is 9.79. The lowest BCUT2D eigenvalue weighted by atomic mass is 9.93. The first-order chi connectivity index (χ1) is 32.2. The maximum absolute atomic E-state index is 6.52. The second-order valence-corrected chi connectivity index (χ2v) is 16.9. The predicted octanol–water partition coefficient (Wildman–Crippen LogP) is 17.5. The van der Waals surface area contributed by atoms with Gasteiger partial charge in [0.2, 0.25) is 0 Å². The fraction of sp³-hybridized carbons (Fsp3) is 0.